The molecule has 0 saturated heterocycles. The zero-order valence-corrected chi connectivity index (χ0v) is 12.2. The van der Waals surface area contributed by atoms with Gasteiger partial charge < -0.3 is 26.7 Å². The lowest BCUT2D eigenvalue weighted by molar-refractivity contribution is -0.121. The Balaban J connectivity index is 2.41. The molecule has 0 radical (unpaired) electrons. The fourth-order valence-electron chi connectivity index (χ4n) is 1.83. The van der Waals surface area contributed by atoms with Gasteiger partial charge in [0, 0.05) is 12.1 Å². The molecule has 7 nitrogen and oxygen atoms in total. The predicted octanol–water partition coefficient (Wildman–Crippen LogP) is 0.259. The minimum Gasteiger partial charge on any atom is -0.492 e. The van der Waals surface area contributed by atoms with Crippen LogP contribution in [0.3, 0.4) is 0 Å². The minimum atomic E-state index is -0.367. The molecule has 1 atom stereocenters. The number of benzene rings is 1. The van der Waals surface area contributed by atoms with E-state index in [0.29, 0.717) is 24.5 Å². The molecule has 7 heteroatoms. The smallest absolute Gasteiger partial charge is 0.234 e. The second-order valence-electron chi connectivity index (χ2n) is 4.94. The second kappa shape index (κ2) is 8.11. The van der Waals surface area contributed by atoms with Crippen molar-refractivity contribution < 1.29 is 14.7 Å². The van der Waals surface area contributed by atoms with Gasteiger partial charge in [0.1, 0.15) is 12.4 Å². The molecular weight excluding hydrogens is 272 g/mol. The largest absolute Gasteiger partial charge is 0.492 e. The topological polar surface area (TPSA) is 123 Å². The number of nitrogens with one attached hydrogen (secondary N) is 1. The maximum atomic E-state index is 11.2. The lowest BCUT2D eigenvalue weighted by Gasteiger charge is -2.19. The summed E-state index contributed by atoms with van der Waals surface area (Å²) in [5, 5.41) is 14.5. The van der Waals surface area contributed by atoms with Gasteiger partial charge in [-0.3, -0.25) is 4.79 Å². The summed E-state index contributed by atoms with van der Waals surface area (Å²) in [6.45, 7) is 4.76. The number of hydrogen-bond acceptors (Lipinski definition) is 5. The SMILES string of the molecule is CC(C)C(NCCOc1ccc(/C(N)=N/O)cc1)C(N)=O. The zero-order valence-electron chi connectivity index (χ0n) is 12.2. The molecule has 21 heavy (non-hydrogen) atoms. The first-order valence-electron chi connectivity index (χ1n) is 6.69. The molecule has 0 aromatic heterocycles. The number of ether oxygens (including phenoxy) is 1. The highest BCUT2D eigenvalue weighted by Crippen LogP contribution is 2.11. The maximum Gasteiger partial charge on any atom is 0.234 e. The standard InChI is InChI=1S/C14H22N4O3/c1-9(2)12(14(16)19)17-7-8-21-11-5-3-10(4-6-11)13(15)18-20/h3-6,9,12,17,20H,7-8H2,1-2H3,(H2,15,18)(H2,16,19). The second-order valence-corrected chi connectivity index (χ2v) is 4.94. The lowest BCUT2D eigenvalue weighted by atomic mass is 10.0. The van der Waals surface area contributed by atoms with E-state index in [0.717, 1.165) is 0 Å². The number of amidine groups is 1. The maximum absolute atomic E-state index is 11.2. The first kappa shape index (κ1) is 16.8. The minimum absolute atomic E-state index is 0.0458. The van der Waals surface area contributed by atoms with Gasteiger partial charge in [-0.2, -0.15) is 0 Å². The molecule has 0 bridgehead atoms. The molecule has 1 rings (SSSR count). The molecular formula is C14H22N4O3. The number of carbonyl (C=O) groups is 1. The highest BCUT2D eigenvalue weighted by molar-refractivity contribution is 5.97. The molecule has 1 aromatic rings. The Morgan fingerprint density at radius 2 is 1.95 bits per heavy atom. The molecule has 116 valence electrons. The zero-order chi connectivity index (χ0) is 15.8. The van der Waals surface area contributed by atoms with Crippen LogP contribution < -0.4 is 21.5 Å². The monoisotopic (exact) mass is 294 g/mol. The van der Waals surface area contributed by atoms with Crippen LogP contribution in [0.4, 0.5) is 0 Å². The van der Waals surface area contributed by atoms with Gasteiger partial charge in [0.2, 0.25) is 5.91 Å². The quantitative estimate of drug-likeness (QED) is 0.180. The summed E-state index contributed by atoms with van der Waals surface area (Å²) in [6.07, 6.45) is 0. The third-order valence-electron chi connectivity index (χ3n) is 2.97. The van der Waals surface area contributed by atoms with Gasteiger partial charge >= 0.3 is 0 Å². The lowest BCUT2D eigenvalue weighted by Crippen LogP contribution is -2.46. The van der Waals surface area contributed by atoms with E-state index in [2.05, 4.69) is 10.5 Å². The summed E-state index contributed by atoms with van der Waals surface area (Å²) >= 11 is 0. The van der Waals surface area contributed by atoms with Crippen LogP contribution in [0.15, 0.2) is 29.4 Å². The summed E-state index contributed by atoms with van der Waals surface area (Å²) < 4.78 is 5.53. The number of primary amides is 1. The van der Waals surface area contributed by atoms with Gasteiger partial charge in [0.15, 0.2) is 5.84 Å². The average molecular weight is 294 g/mol. The van der Waals surface area contributed by atoms with Crippen LogP contribution in [0, 0.1) is 5.92 Å². The van der Waals surface area contributed by atoms with Gasteiger partial charge in [-0.05, 0) is 30.2 Å². The summed E-state index contributed by atoms with van der Waals surface area (Å²) in [6, 6.07) is 6.47. The molecule has 1 aromatic carbocycles. The summed E-state index contributed by atoms with van der Waals surface area (Å²) in [5.74, 6) is 0.464. The Bertz CT molecular complexity index is 485. The Morgan fingerprint density at radius 1 is 1.33 bits per heavy atom. The molecule has 1 amide bonds. The average Bonchev–Trinajstić information content (AvgIpc) is 2.46. The van der Waals surface area contributed by atoms with E-state index >= 15 is 0 Å². The van der Waals surface area contributed by atoms with Crippen molar-refractivity contribution in [3.8, 4) is 5.75 Å². The van der Waals surface area contributed by atoms with Gasteiger partial charge in [-0.25, -0.2) is 0 Å². The van der Waals surface area contributed by atoms with Crippen molar-refractivity contribution in [2.75, 3.05) is 13.2 Å². The number of nitrogens with two attached hydrogens (primary N) is 2. The Hall–Kier alpha value is -2.28. The van der Waals surface area contributed by atoms with Gasteiger partial charge in [-0.15, -0.1) is 0 Å². The number of nitrogens with zero attached hydrogens (tertiary/aromatic N) is 1. The highest BCUT2D eigenvalue weighted by Gasteiger charge is 2.17. The number of amides is 1. The van der Waals surface area contributed by atoms with Crippen LogP contribution >= 0.6 is 0 Å². The van der Waals surface area contributed by atoms with Crippen molar-refractivity contribution in [2.24, 2.45) is 22.5 Å². The van der Waals surface area contributed by atoms with Gasteiger partial charge in [0.25, 0.3) is 0 Å². The predicted molar refractivity (Wildman–Crippen MR) is 80.3 cm³/mol. The summed E-state index contributed by atoms with van der Waals surface area (Å²) in [5.41, 5.74) is 11.4. The van der Waals surface area contributed by atoms with E-state index in [4.69, 9.17) is 21.4 Å². The fourth-order valence-corrected chi connectivity index (χ4v) is 1.83. The normalized spacial score (nSPS) is 13.2. The molecule has 0 saturated carbocycles. The number of carbonyl (C=O) groups excluding carboxylic acids is 1. The van der Waals surface area contributed by atoms with E-state index in [9.17, 15) is 4.79 Å². The van der Waals surface area contributed by atoms with Crippen molar-refractivity contribution in [3.63, 3.8) is 0 Å². The van der Waals surface area contributed by atoms with Crippen LogP contribution in [-0.2, 0) is 4.79 Å². The molecule has 0 spiro atoms. The van der Waals surface area contributed by atoms with Crippen molar-refractivity contribution >= 4 is 11.7 Å². The third-order valence-corrected chi connectivity index (χ3v) is 2.97. The van der Waals surface area contributed by atoms with Gasteiger partial charge in [0.05, 0.1) is 6.04 Å². The summed E-state index contributed by atoms with van der Waals surface area (Å²) in [4.78, 5) is 11.2. The van der Waals surface area contributed by atoms with Crippen LogP contribution in [0.25, 0.3) is 0 Å². The van der Waals surface area contributed by atoms with Crippen molar-refractivity contribution in [3.05, 3.63) is 29.8 Å². The molecule has 0 aliphatic carbocycles. The Labute approximate surface area is 123 Å². The molecule has 1 unspecified atom stereocenters. The Kier molecular flexibility index (Phi) is 6.48. The molecule has 0 heterocycles. The van der Waals surface area contributed by atoms with Crippen LogP contribution in [0.1, 0.15) is 19.4 Å². The summed E-state index contributed by atoms with van der Waals surface area (Å²) in [7, 11) is 0. The molecule has 0 aliphatic heterocycles. The van der Waals surface area contributed by atoms with E-state index in [1.54, 1.807) is 24.3 Å². The molecule has 0 fully saturated rings. The van der Waals surface area contributed by atoms with E-state index in [1.165, 1.54) is 0 Å². The van der Waals surface area contributed by atoms with E-state index < -0.39 is 0 Å². The molecule has 0 aliphatic rings. The number of rotatable bonds is 8. The van der Waals surface area contributed by atoms with Gasteiger partial charge in [-0.1, -0.05) is 19.0 Å². The number of oxime groups is 1. The third kappa shape index (κ3) is 5.31. The Morgan fingerprint density at radius 3 is 2.43 bits per heavy atom. The fraction of sp³-hybridized carbons (Fsp3) is 0.429. The first-order valence-corrected chi connectivity index (χ1v) is 6.69. The molecule has 6 N–H and O–H groups in total. The first-order chi connectivity index (χ1) is 9.95. The highest BCUT2D eigenvalue weighted by atomic mass is 16.5. The van der Waals surface area contributed by atoms with Crippen molar-refractivity contribution in [1.29, 1.82) is 0 Å². The van der Waals surface area contributed by atoms with Crippen LogP contribution in [0.2, 0.25) is 0 Å². The van der Waals surface area contributed by atoms with E-state index in [1.807, 2.05) is 13.8 Å². The van der Waals surface area contributed by atoms with Crippen molar-refractivity contribution in [2.45, 2.75) is 19.9 Å². The van der Waals surface area contributed by atoms with Crippen LogP contribution in [0.5, 0.6) is 5.75 Å². The van der Waals surface area contributed by atoms with Crippen molar-refractivity contribution in [1.82, 2.24) is 5.32 Å². The van der Waals surface area contributed by atoms with Crippen LogP contribution in [-0.4, -0.2) is 36.1 Å². The number of hydrogen-bond donors (Lipinski definition) is 4. The van der Waals surface area contributed by atoms with E-state index in [-0.39, 0.29) is 23.7 Å².